The molecule has 0 saturated carbocycles. The molecule has 3 heterocycles. The largest absolute Gasteiger partial charge is 0.486 e. The van der Waals surface area contributed by atoms with Crippen molar-refractivity contribution in [3.8, 4) is 11.5 Å². The summed E-state index contributed by atoms with van der Waals surface area (Å²) in [5.74, 6) is 0.350. The number of amides is 1. The molecule has 0 radical (unpaired) electrons. The molecule has 0 N–H and O–H groups in total. The maximum atomic E-state index is 12.5. The first-order valence-electron chi connectivity index (χ1n) is 7.89. The van der Waals surface area contributed by atoms with E-state index in [-0.39, 0.29) is 6.54 Å². The number of nitrogens with zero attached hydrogens (tertiary/aromatic N) is 2. The van der Waals surface area contributed by atoms with Gasteiger partial charge >= 0.3 is 5.97 Å². The molecule has 7 nitrogen and oxygen atoms in total. The highest BCUT2D eigenvalue weighted by Crippen LogP contribution is 2.35. The summed E-state index contributed by atoms with van der Waals surface area (Å²) < 4.78 is 19.0. The lowest BCUT2D eigenvalue weighted by atomic mass is 10.2. The van der Waals surface area contributed by atoms with Gasteiger partial charge in [-0.05, 0) is 12.1 Å². The maximum absolute atomic E-state index is 12.5. The number of rotatable bonds is 3. The average Bonchev–Trinajstić information content (AvgIpc) is 3.24. The Balaban J connectivity index is 1.87. The minimum atomic E-state index is -0.447. The minimum absolute atomic E-state index is 0.0759. The summed E-state index contributed by atoms with van der Waals surface area (Å²) in [4.78, 5) is 29.4. The highest BCUT2D eigenvalue weighted by Gasteiger charge is 2.18. The summed E-state index contributed by atoms with van der Waals surface area (Å²) in [6.45, 7) is 0.850. The van der Waals surface area contributed by atoms with E-state index < -0.39 is 11.9 Å². The SMILES string of the molecule is COC(=O)Cn1c(=NC(=O)c2ccc(Cl)s2)sc2cc3c(cc21)OCCO3. The Morgan fingerprint density at radius 2 is 1.96 bits per heavy atom. The molecule has 1 amide bonds. The standard InChI is InChI=1S/C17H13ClN2O5S2/c1-23-15(21)8-20-9-6-10-11(25-5-4-24-10)7-13(9)27-17(20)19-16(22)12-2-3-14(18)26-12/h2-3,6-7H,4-5,8H2,1H3. The van der Waals surface area contributed by atoms with Gasteiger partial charge in [0.25, 0.3) is 5.91 Å². The second-order valence-electron chi connectivity index (χ2n) is 5.53. The van der Waals surface area contributed by atoms with Crippen LogP contribution in [-0.2, 0) is 16.1 Å². The molecule has 1 aromatic carbocycles. The van der Waals surface area contributed by atoms with Gasteiger partial charge in [-0.15, -0.1) is 11.3 Å². The van der Waals surface area contributed by atoms with E-state index in [4.69, 9.17) is 25.8 Å². The Labute approximate surface area is 166 Å². The highest BCUT2D eigenvalue weighted by atomic mass is 35.5. The summed E-state index contributed by atoms with van der Waals surface area (Å²) in [5.41, 5.74) is 0.713. The fraction of sp³-hybridized carbons (Fsp3) is 0.235. The molecule has 10 heteroatoms. The van der Waals surface area contributed by atoms with Crippen LogP contribution in [0.5, 0.6) is 11.5 Å². The van der Waals surface area contributed by atoms with Gasteiger partial charge < -0.3 is 18.8 Å². The first-order valence-corrected chi connectivity index (χ1v) is 9.90. The van der Waals surface area contributed by atoms with Crippen LogP contribution in [0.3, 0.4) is 0 Å². The van der Waals surface area contributed by atoms with E-state index in [2.05, 4.69) is 4.99 Å². The van der Waals surface area contributed by atoms with E-state index in [0.29, 0.717) is 44.2 Å². The van der Waals surface area contributed by atoms with Gasteiger partial charge in [0, 0.05) is 12.1 Å². The van der Waals surface area contributed by atoms with E-state index in [1.807, 2.05) is 6.07 Å². The first kappa shape index (κ1) is 18.0. The molecule has 0 aliphatic carbocycles. The molecule has 0 bridgehead atoms. The van der Waals surface area contributed by atoms with Crippen molar-refractivity contribution in [1.82, 2.24) is 4.57 Å². The van der Waals surface area contributed by atoms with Crippen LogP contribution in [0.15, 0.2) is 29.3 Å². The number of carbonyl (C=O) groups excluding carboxylic acids is 2. The highest BCUT2D eigenvalue weighted by molar-refractivity contribution is 7.18. The van der Waals surface area contributed by atoms with Crippen molar-refractivity contribution < 1.29 is 23.8 Å². The monoisotopic (exact) mass is 424 g/mol. The van der Waals surface area contributed by atoms with Crippen LogP contribution < -0.4 is 14.3 Å². The zero-order valence-corrected chi connectivity index (χ0v) is 16.4. The van der Waals surface area contributed by atoms with E-state index in [1.165, 1.54) is 18.4 Å². The number of thiazole rings is 1. The van der Waals surface area contributed by atoms with Gasteiger partial charge in [-0.1, -0.05) is 22.9 Å². The molecule has 0 fully saturated rings. The number of esters is 1. The van der Waals surface area contributed by atoms with Crippen molar-refractivity contribution in [3.05, 3.63) is 38.3 Å². The summed E-state index contributed by atoms with van der Waals surface area (Å²) >= 11 is 8.33. The summed E-state index contributed by atoms with van der Waals surface area (Å²) in [6.07, 6.45) is 0. The second kappa shape index (κ2) is 7.34. The van der Waals surface area contributed by atoms with Gasteiger partial charge in [0.1, 0.15) is 19.8 Å². The van der Waals surface area contributed by atoms with Crippen molar-refractivity contribution in [2.24, 2.45) is 4.99 Å². The molecule has 0 saturated heterocycles. The van der Waals surface area contributed by atoms with Crippen molar-refractivity contribution in [3.63, 3.8) is 0 Å². The number of halogens is 1. The number of methoxy groups -OCH3 is 1. The number of fused-ring (bicyclic) bond motifs is 2. The molecular weight excluding hydrogens is 412 g/mol. The molecule has 0 atom stereocenters. The first-order chi connectivity index (χ1) is 13.0. The molecule has 27 heavy (non-hydrogen) atoms. The van der Waals surface area contributed by atoms with Crippen molar-refractivity contribution in [1.29, 1.82) is 0 Å². The van der Waals surface area contributed by atoms with Crippen LogP contribution in [0, 0.1) is 0 Å². The Morgan fingerprint density at radius 1 is 1.22 bits per heavy atom. The topological polar surface area (TPSA) is 79.1 Å². The molecule has 1 aliphatic rings. The van der Waals surface area contributed by atoms with Gasteiger partial charge in [-0.25, -0.2) is 0 Å². The second-order valence-corrected chi connectivity index (χ2v) is 8.26. The summed E-state index contributed by atoms with van der Waals surface area (Å²) in [5, 5.41) is 0. The molecule has 3 aromatic rings. The van der Waals surface area contributed by atoms with Gasteiger partial charge in [-0.2, -0.15) is 4.99 Å². The van der Waals surface area contributed by atoms with Crippen LogP contribution in [0.25, 0.3) is 10.2 Å². The van der Waals surface area contributed by atoms with Gasteiger partial charge in [-0.3, -0.25) is 9.59 Å². The van der Waals surface area contributed by atoms with E-state index in [0.717, 1.165) is 16.0 Å². The van der Waals surface area contributed by atoms with Gasteiger partial charge in [0.05, 0.1) is 26.5 Å². The molecule has 1 aliphatic heterocycles. The maximum Gasteiger partial charge on any atom is 0.325 e. The van der Waals surface area contributed by atoms with Gasteiger partial charge in [0.15, 0.2) is 16.3 Å². The lowest BCUT2D eigenvalue weighted by molar-refractivity contribution is -0.141. The number of hydrogen-bond donors (Lipinski definition) is 0. The zero-order chi connectivity index (χ0) is 19.0. The van der Waals surface area contributed by atoms with Crippen molar-refractivity contribution in [2.75, 3.05) is 20.3 Å². The number of aromatic nitrogens is 1. The van der Waals surface area contributed by atoms with Crippen LogP contribution in [0.1, 0.15) is 9.67 Å². The molecule has 2 aromatic heterocycles. The molecule has 140 valence electrons. The van der Waals surface area contributed by atoms with Crippen LogP contribution in [0.2, 0.25) is 4.34 Å². The van der Waals surface area contributed by atoms with Gasteiger partial charge in [0.2, 0.25) is 0 Å². The number of hydrogen-bond acceptors (Lipinski definition) is 7. The lowest BCUT2D eigenvalue weighted by Crippen LogP contribution is -2.22. The molecule has 0 spiro atoms. The van der Waals surface area contributed by atoms with E-state index in [9.17, 15) is 9.59 Å². The quantitative estimate of drug-likeness (QED) is 0.603. The number of ether oxygens (including phenoxy) is 3. The normalized spacial score (nSPS) is 13.8. The fourth-order valence-corrected chi connectivity index (χ4v) is 4.57. The Kier molecular flexibility index (Phi) is 4.90. The van der Waals surface area contributed by atoms with Crippen LogP contribution in [-0.4, -0.2) is 36.8 Å². The number of thiophene rings is 1. The van der Waals surface area contributed by atoms with Crippen molar-refractivity contribution >= 4 is 56.4 Å². The number of benzene rings is 1. The zero-order valence-electron chi connectivity index (χ0n) is 14.1. The van der Waals surface area contributed by atoms with Crippen molar-refractivity contribution in [2.45, 2.75) is 6.54 Å². The fourth-order valence-electron chi connectivity index (χ4n) is 2.61. The third-order valence-corrected chi connectivity index (χ3v) is 6.10. The number of carbonyl (C=O) groups is 2. The summed E-state index contributed by atoms with van der Waals surface area (Å²) in [7, 11) is 1.31. The average molecular weight is 425 g/mol. The van der Waals surface area contributed by atoms with E-state index >= 15 is 0 Å². The Morgan fingerprint density at radius 3 is 2.63 bits per heavy atom. The molecular formula is C17H13ClN2O5S2. The Bertz CT molecular complexity index is 1110. The van der Waals surface area contributed by atoms with E-state index in [1.54, 1.807) is 22.8 Å². The van der Waals surface area contributed by atoms with Crippen LogP contribution in [0.4, 0.5) is 0 Å². The third kappa shape index (κ3) is 3.58. The minimum Gasteiger partial charge on any atom is -0.486 e. The Hall–Kier alpha value is -2.36. The lowest BCUT2D eigenvalue weighted by Gasteiger charge is -2.18. The predicted molar refractivity (Wildman–Crippen MR) is 102 cm³/mol. The molecule has 0 unspecified atom stereocenters. The molecule has 4 rings (SSSR count). The predicted octanol–water partition coefficient (Wildman–Crippen LogP) is 3.10. The summed E-state index contributed by atoms with van der Waals surface area (Å²) in [6, 6.07) is 6.88. The third-order valence-electron chi connectivity index (χ3n) is 3.84. The van der Waals surface area contributed by atoms with Crippen LogP contribution >= 0.6 is 34.3 Å². The smallest absolute Gasteiger partial charge is 0.325 e.